The van der Waals surface area contributed by atoms with Gasteiger partial charge >= 0.3 is 6.01 Å². The molecule has 2 aliphatic rings. The van der Waals surface area contributed by atoms with Gasteiger partial charge in [-0.3, -0.25) is 0 Å². The Hall–Kier alpha value is -1.14. The van der Waals surface area contributed by atoms with Gasteiger partial charge in [-0.15, -0.1) is 5.10 Å². The van der Waals surface area contributed by atoms with Gasteiger partial charge in [-0.25, -0.2) is 0 Å². The smallest absolute Gasteiger partial charge is 0.318 e. The van der Waals surface area contributed by atoms with Crippen LogP contribution in [0.5, 0.6) is 0 Å². The van der Waals surface area contributed by atoms with E-state index in [4.69, 9.17) is 4.42 Å². The van der Waals surface area contributed by atoms with E-state index in [0.29, 0.717) is 17.9 Å². The second kappa shape index (κ2) is 4.51. The van der Waals surface area contributed by atoms with Crippen molar-refractivity contribution in [1.82, 2.24) is 15.5 Å². The number of fused-ring (bicyclic) bond motifs is 1. The highest BCUT2D eigenvalue weighted by Crippen LogP contribution is 2.38. The van der Waals surface area contributed by atoms with Gasteiger partial charge in [0.05, 0.1) is 6.61 Å². The predicted molar refractivity (Wildman–Crippen MR) is 66.4 cm³/mol. The van der Waals surface area contributed by atoms with Crippen LogP contribution in [-0.2, 0) is 0 Å². The van der Waals surface area contributed by atoms with Crippen molar-refractivity contribution in [3.8, 4) is 0 Å². The number of hydrogen-bond donors (Lipinski definition) is 2. The zero-order valence-corrected chi connectivity index (χ0v) is 10.7. The summed E-state index contributed by atoms with van der Waals surface area (Å²) in [5.41, 5.74) is -0.0567. The van der Waals surface area contributed by atoms with Crippen LogP contribution in [0.4, 0.5) is 6.01 Å². The van der Waals surface area contributed by atoms with Crippen molar-refractivity contribution in [3.05, 3.63) is 5.89 Å². The van der Waals surface area contributed by atoms with E-state index in [0.717, 1.165) is 38.9 Å². The number of aryl methyl sites for hydroxylation is 1. The normalized spacial score (nSPS) is 32.3. The van der Waals surface area contributed by atoms with Gasteiger partial charge < -0.3 is 19.7 Å². The van der Waals surface area contributed by atoms with E-state index in [-0.39, 0.29) is 12.0 Å². The molecule has 2 N–H and O–H groups in total. The Bertz CT molecular complexity index is 422. The Morgan fingerprint density at radius 2 is 2.44 bits per heavy atom. The fourth-order valence-corrected chi connectivity index (χ4v) is 3.27. The van der Waals surface area contributed by atoms with Gasteiger partial charge in [0.25, 0.3) is 0 Å². The zero-order valence-electron chi connectivity index (χ0n) is 10.7. The Morgan fingerprint density at radius 1 is 1.56 bits per heavy atom. The van der Waals surface area contributed by atoms with E-state index >= 15 is 0 Å². The number of nitrogens with zero attached hydrogens (tertiary/aromatic N) is 3. The van der Waals surface area contributed by atoms with Crippen LogP contribution >= 0.6 is 0 Å². The van der Waals surface area contributed by atoms with Crippen molar-refractivity contribution in [2.75, 3.05) is 31.1 Å². The molecule has 0 saturated carbocycles. The molecule has 0 amide bonds. The van der Waals surface area contributed by atoms with Gasteiger partial charge in [0, 0.05) is 31.5 Å². The predicted octanol–water partition coefficient (Wildman–Crippen LogP) is 0.319. The summed E-state index contributed by atoms with van der Waals surface area (Å²) < 4.78 is 5.49. The molecule has 3 rings (SSSR count). The molecule has 0 unspecified atom stereocenters. The summed E-state index contributed by atoms with van der Waals surface area (Å²) in [6.07, 6.45) is 3.19. The summed E-state index contributed by atoms with van der Waals surface area (Å²) in [6, 6.07) is 1.00. The van der Waals surface area contributed by atoms with Crippen molar-refractivity contribution in [2.24, 2.45) is 5.41 Å². The maximum atomic E-state index is 9.81. The highest BCUT2D eigenvalue weighted by Gasteiger charge is 2.45. The Morgan fingerprint density at radius 3 is 3.17 bits per heavy atom. The van der Waals surface area contributed by atoms with Gasteiger partial charge in [-0.1, -0.05) is 5.10 Å². The van der Waals surface area contributed by atoms with Gasteiger partial charge in [0.2, 0.25) is 5.89 Å². The molecule has 6 heteroatoms. The van der Waals surface area contributed by atoms with Gasteiger partial charge in [0.15, 0.2) is 0 Å². The van der Waals surface area contributed by atoms with Crippen LogP contribution in [-0.4, -0.2) is 47.6 Å². The first-order valence-corrected chi connectivity index (χ1v) is 6.63. The van der Waals surface area contributed by atoms with E-state index in [1.165, 1.54) is 0 Å². The minimum atomic E-state index is -0.0567. The number of aliphatic hydroxyl groups is 1. The van der Waals surface area contributed by atoms with Crippen molar-refractivity contribution in [2.45, 2.75) is 32.2 Å². The van der Waals surface area contributed by atoms with Gasteiger partial charge in [-0.05, 0) is 25.8 Å². The molecule has 0 radical (unpaired) electrons. The summed E-state index contributed by atoms with van der Waals surface area (Å²) >= 11 is 0. The lowest BCUT2D eigenvalue weighted by atomic mass is 9.71. The zero-order chi connectivity index (χ0) is 12.6. The third-order valence-corrected chi connectivity index (χ3v) is 4.28. The number of nitrogens with one attached hydrogen (secondary N) is 1. The Labute approximate surface area is 106 Å². The summed E-state index contributed by atoms with van der Waals surface area (Å²) in [5, 5.41) is 21.3. The molecule has 2 fully saturated rings. The molecule has 2 atom stereocenters. The summed E-state index contributed by atoms with van der Waals surface area (Å²) in [5.74, 6) is 0.590. The number of piperidine rings is 2. The highest BCUT2D eigenvalue weighted by atomic mass is 16.4. The fourth-order valence-electron chi connectivity index (χ4n) is 3.27. The van der Waals surface area contributed by atoms with E-state index in [1.807, 2.05) is 0 Å². The minimum absolute atomic E-state index is 0.0567. The topological polar surface area (TPSA) is 74.4 Å². The molecule has 1 aromatic rings. The molecule has 100 valence electrons. The molecule has 6 nitrogen and oxygen atoms in total. The molecule has 18 heavy (non-hydrogen) atoms. The highest BCUT2D eigenvalue weighted by molar-refractivity contribution is 5.28. The molecule has 2 aliphatic heterocycles. The van der Waals surface area contributed by atoms with Crippen LogP contribution in [0.25, 0.3) is 0 Å². The molecule has 1 aromatic heterocycles. The molecule has 0 aromatic carbocycles. The third kappa shape index (κ3) is 1.89. The molecule has 0 bridgehead atoms. The lowest BCUT2D eigenvalue weighted by Crippen LogP contribution is -2.61. The van der Waals surface area contributed by atoms with E-state index in [2.05, 4.69) is 20.4 Å². The molecule has 0 spiro atoms. The summed E-state index contributed by atoms with van der Waals surface area (Å²) in [7, 11) is 0. The van der Waals surface area contributed by atoms with E-state index < -0.39 is 0 Å². The van der Waals surface area contributed by atoms with Crippen molar-refractivity contribution >= 4 is 6.01 Å². The van der Waals surface area contributed by atoms with Crippen LogP contribution < -0.4 is 10.2 Å². The number of aliphatic hydroxyl groups excluding tert-OH is 1. The van der Waals surface area contributed by atoms with Gasteiger partial charge in [-0.2, -0.15) is 0 Å². The van der Waals surface area contributed by atoms with Crippen LogP contribution in [0.2, 0.25) is 0 Å². The van der Waals surface area contributed by atoms with Crippen LogP contribution in [0.3, 0.4) is 0 Å². The standard InChI is InChI=1S/C12H20N4O2/c1-9-14-15-11(18-9)16-6-3-10-12(7-16,8-17)4-2-5-13-10/h10,13,17H,2-8H2,1H3/t10-,12-/m0/s1. The number of hydrogen-bond acceptors (Lipinski definition) is 6. The first kappa shape index (κ1) is 11.9. The Kier molecular flexibility index (Phi) is 2.99. The van der Waals surface area contributed by atoms with E-state index in [1.54, 1.807) is 6.92 Å². The summed E-state index contributed by atoms with van der Waals surface area (Å²) in [4.78, 5) is 2.11. The first-order valence-electron chi connectivity index (χ1n) is 6.63. The maximum absolute atomic E-state index is 9.81. The summed E-state index contributed by atoms with van der Waals surface area (Å²) in [6.45, 7) is 4.78. The Balaban J connectivity index is 1.80. The van der Waals surface area contributed by atoms with Crippen molar-refractivity contribution in [3.63, 3.8) is 0 Å². The monoisotopic (exact) mass is 252 g/mol. The molecule has 3 heterocycles. The van der Waals surface area contributed by atoms with Crippen LogP contribution in [0.1, 0.15) is 25.2 Å². The molecular weight excluding hydrogens is 232 g/mol. The molecule has 0 aliphatic carbocycles. The maximum Gasteiger partial charge on any atom is 0.318 e. The fraction of sp³-hybridized carbons (Fsp3) is 0.833. The SMILES string of the molecule is Cc1nnc(N2CC[C@@H]3NCCC[C@@]3(CO)C2)o1. The molecular formula is C12H20N4O2. The lowest BCUT2D eigenvalue weighted by Gasteiger charge is -2.49. The van der Waals surface area contributed by atoms with Crippen molar-refractivity contribution < 1.29 is 9.52 Å². The largest absolute Gasteiger partial charge is 0.408 e. The van der Waals surface area contributed by atoms with Crippen molar-refractivity contribution in [1.29, 1.82) is 0 Å². The number of rotatable bonds is 2. The first-order chi connectivity index (χ1) is 8.73. The average molecular weight is 252 g/mol. The lowest BCUT2D eigenvalue weighted by molar-refractivity contribution is 0.0391. The molecule has 2 saturated heterocycles. The quantitative estimate of drug-likeness (QED) is 0.789. The minimum Gasteiger partial charge on any atom is -0.408 e. The second-order valence-corrected chi connectivity index (χ2v) is 5.44. The van der Waals surface area contributed by atoms with E-state index in [9.17, 15) is 5.11 Å². The number of aromatic nitrogens is 2. The third-order valence-electron chi connectivity index (χ3n) is 4.28. The van der Waals surface area contributed by atoms with Gasteiger partial charge in [0.1, 0.15) is 0 Å². The second-order valence-electron chi connectivity index (χ2n) is 5.44. The van der Waals surface area contributed by atoms with Crippen LogP contribution in [0, 0.1) is 12.3 Å². The van der Waals surface area contributed by atoms with Crippen LogP contribution in [0.15, 0.2) is 4.42 Å². The number of anilines is 1. The average Bonchev–Trinajstić information content (AvgIpc) is 2.85.